The number of hydrogen-bond acceptors (Lipinski definition) is 5. The van der Waals surface area contributed by atoms with E-state index in [0.717, 1.165) is 31.7 Å². The summed E-state index contributed by atoms with van der Waals surface area (Å²) in [7, 11) is 0. The summed E-state index contributed by atoms with van der Waals surface area (Å²) in [4.78, 5) is 11.2. The molecule has 22 heavy (non-hydrogen) atoms. The van der Waals surface area contributed by atoms with Gasteiger partial charge < -0.3 is 10.0 Å². The summed E-state index contributed by atoms with van der Waals surface area (Å²) in [6.45, 7) is 3.29. The fraction of sp³-hybridized carbons (Fsp3) is 0.714. The van der Waals surface area contributed by atoms with Gasteiger partial charge in [0.1, 0.15) is 17.8 Å². The van der Waals surface area contributed by atoms with Crippen molar-refractivity contribution in [3.8, 4) is 0 Å². The van der Waals surface area contributed by atoms with Crippen LogP contribution >= 0.6 is 0 Å². The minimum Gasteiger partial charge on any atom is -0.389 e. The molecule has 0 amide bonds. The highest BCUT2D eigenvalue weighted by atomic mass is 19.4. The zero-order valence-corrected chi connectivity index (χ0v) is 12.2. The molecule has 122 valence electrons. The Morgan fingerprint density at radius 1 is 1.14 bits per heavy atom. The van der Waals surface area contributed by atoms with Crippen LogP contribution in [0.25, 0.3) is 0 Å². The van der Waals surface area contributed by atoms with Crippen molar-refractivity contribution in [2.75, 3.05) is 37.6 Å². The molecule has 1 aliphatic carbocycles. The Balaban J connectivity index is 1.59. The number of anilines is 1. The number of aromatic nitrogens is 2. The Bertz CT molecular complexity index is 525. The lowest BCUT2D eigenvalue weighted by Crippen LogP contribution is -2.54. The Kier molecular flexibility index (Phi) is 3.98. The van der Waals surface area contributed by atoms with Gasteiger partial charge in [0.15, 0.2) is 0 Å². The molecule has 1 aromatic rings. The highest BCUT2D eigenvalue weighted by molar-refractivity contribution is 5.40. The molecule has 2 aliphatic rings. The maximum absolute atomic E-state index is 12.7. The van der Waals surface area contributed by atoms with Crippen LogP contribution < -0.4 is 4.90 Å². The van der Waals surface area contributed by atoms with Crippen LogP contribution in [0.15, 0.2) is 12.4 Å². The lowest BCUT2D eigenvalue weighted by atomic mass is 9.80. The summed E-state index contributed by atoms with van der Waals surface area (Å²) >= 11 is 0. The largest absolute Gasteiger partial charge is 0.433 e. The first-order valence-corrected chi connectivity index (χ1v) is 7.45. The molecule has 1 N–H and O–H groups in total. The molecule has 8 heteroatoms. The van der Waals surface area contributed by atoms with Crippen molar-refractivity contribution in [3.63, 3.8) is 0 Å². The second kappa shape index (κ2) is 5.66. The third kappa shape index (κ3) is 3.33. The molecule has 1 aliphatic heterocycles. The Hall–Kier alpha value is -1.41. The van der Waals surface area contributed by atoms with Gasteiger partial charge >= 0.3 is 6.18 Å². The number of piperazine rings is 1. The van der Waals surface area contributed by atoms with Crippen LogP contribution in [0, 0.1) is 0 Å². The van der Waals surface area contributed by atoms with E-state index in [-0.39, 0.29) is 0 Å². The van der Waals surface area contributed by atoms with E-state index in [1.165, 1.54) is 0 Å². The van der Waals surface area contributed by atoms with Gasteiger partial charge in [-0.2, -0.15) is 13.2 Å². The standard InChI is InChI=1S/C14H19F3N4O/c15-14(16,17)11-8-12(19-10-18-11)21-6-4-20(5-7-21)9-13(22)2-1-3-13/h8,10,22H,1-7,9H2. The lowest BCUT2D eigenvalue weighted by Gasteiger charge is -2.43. The predicted molar refractivity (Wildman–Crippen MR) is 74.5 cm³/mol. The topological polar surface area (TPSA) is 52.5 Å². The normalized spacial score (nSPS) is 22.5. The average molecular weight is 316 g/mol. The molecule has 3 rings (SSSR count). The maximum atomic E-state index is 12.7. The summed E-state index contributed by atoms with van der Waals surface area (Å²) in [5.74, 6) is 0.310. The van der Waals surface area contributed by atoms with Crippen LogP contribution in [-0.2, 0) is 6.18 Å². The molecule has 2 fully saturated rings. The summed E-state index contributed by atoms with van der Waals surface area (Å²) in [6, 6.07) is 0.995. The van der Waals surface area contributed by atoms with E-state index in [9.17, 15) is 18.3 Å². The summed E-state index contributed by atoms with van der Waals surface area (Å²) in [6.07, 6.45) is -0.742. The van der Waals surface area contributed by atoms with Gasteiger partial charge in [0.25, 0.3) is 0 Å². The van der Waals surface area contributed by atoms with E-state index in [1.807, 2.05) is 4.90 Å². The van der Waals surface area contributed by atoms with Gasteiger partial charge in [-0.05, 0) is 19.3 Å². The highest BCUT2D eigenvalue weighted by Crippen LogP contribution is 2.33. The van der Waals surface area contributed by atoms with Gasteiger partial charge in [0.2, 0.25) is 0 Å². The van der Waals surface area contributed by atoms with Crippen molar-refractivity contribution in [2.45, 2.75) is 31.0 Å². The van der Waals surface area contributed by atoms with Crippen molar-refractivity contribution in [1.29, 1.82) is 0 Å². The van der Waals surface area contributed by atoms with E-state index in [2.05, 4.69) is 14.9 Å². The number of nitrogens with zero attached hydrogens (tertiary/aromatic N) is 4. The molecule has 0 aromatic carbocycles. The Morgan fingerprint density at radius 3 is 2.36 bits per heavy atom. The molecule has 2 heterocycles. The van der Waals surface area contributed by atoms with E-state index >= 15 is 0 Å². The first-order valence-electron chi connectivity index (χ1n) is 7.45. The first-order chi connectivity index (χ1) is 10.4. The average Bonchev–Trinajstić information content (AvgIpc) is 2.46. The first kappa shape index (κ1) is 15.5. The monoisotopic (exact) mass is 316 g/mol. The zero-order chi connectivity index (χ0) is 15.8. The molecule has 1 aromatic heterocycles. The van der Waals surface area contributed by atoms with Crippen molar-refractivity contribution in [3.05, 3.63) is 18.1 Å². The van der Waals surface area contributed by atoms with E-state index in [1.54, 1.807) is 0 Å². The number of aliphatic hydroxyl groups is 1. The van der Waals surface area contributed by atoms with Gasteiger partial charge in [0.05, 0.1) is 5.60 Å². The van der Waals surface area contributed by atoms with Gasteiger partial charge in [0, 0.05) is 38.8 Å². The van der Waals surface area contributed by atoms with E-state index in [4.69, 9.17) is 0 Å². The number of rotatable bonds is 3. The van der Waals surface area contributed by atoms with Gasteiger partial charge in [-0.1, -0.05) is 0 Å². The van der Waals surface area contributed by atoms with E-state index < -0.39 is 17.5 Å². The lowest BCUT2D eigenvalue weighted by molar-refractivity contribution is -0.141. The Morgan fingerprint density at radius 2 is 1.82 bits per heavy atom. The van der Waals surface area contributed by atoms with Crippen LogP contribution in [0.1, 0.15) is 25.0 Å². The molecular weight excluding hydrogens is 297 g/mol. The minimum atomic E-state index is -4.45. The number of β-amino-alcohol motifs (C(OH)–C–C–N with tert-alkyl or cyclic N) is 1. The third-order valence-corrected chi connectivity index (χ3v) is 4.44. The number of alkyl halides is 3. The van der Waals surface area contributed by atoms with Crippen molar-refractivity contribution < 1.29 is 18.3 Å². The quantitative estimate of drug-likeness (QED) is 0.916. The maximum Gasteiger partial charge on any atom is 0.433 e. The summed E-state index contributed by atoms with van der Waals surface area (Å²) in [5, 5.41) is 10.2. The van der Waals surface area contributed by atoms with Crippen LogP contribution in [0.2, 0.25) is 0 Å². The molecule has 0 radical (unpaired) electrons. The van der Waals surface area contributed by atoms with Gasteiger partial charge in [-0.25, -0.2) is 9.97 Å². The molecule has 0 spiro atoms. The van der Waals surface area contributed by atoms with Gasteiger partial charge in [-0.3, -0.25) is 4.90 Å². The summed E-state index contributed by atoms with van der Waals surface area (Å²) in [5.41, 5.74) is -1.47. The number of halogens is 3. The molecule has 1 saturated carbocycles. The molecule has 5 nitrogen and oxygen atoms in total. The van der Waals surface area contributed by atoms with E-state index in [0.29, 0.717) is 38.5 Å². The van der Waals surface area contributed by atoms with Crippen molar-refractivity contribution in [2.24, 2.45) is 0 Å². The Labute approximate surface area is 126 Å². The molecule has 1 saturated heterocycles. The number of hydrogen-bond donors (Lipinski definition) is 1. The van der Waals surface area contributed by atoms with Crippen LogP contribution in [0.4, 0.5) is 19.0 Å². The smallest absolute Gasteiger partial charge is 0.389 e. The third-order valence-electron chi connectivity index (χ3n) is 4.44. The molecule has 0 atom stereocenters. The molecule has 0 bridgehead atoms. The highest BCUT2D eigenvalue weighted by Gasteiger charge is 2.37. The molecular formula is C14H19F3N4O. The fourth-order valence-corrected chi connectivity index (χ4v) is 2.97. The van der Waals surface area contributed by atoms with Crippen molar-refractivity contribution >= 4 is 5.82 Å². The van der Waals surface area contributed by atoms with Crippen LogP contribution in [0.3, 0.4) is 0 Å². The second-order valence-electron chi connectivity index (χ2n) is 6.10. The zero-order valence-electron chi connectivity index (χ0n) is 12.2. The van der Waals surface area contributed by atoms with Gasteiger partial charge in [-0.15, -0.1) is 0 Å². The summed E-state index contributed by atoms with van der Waals surface area (Å²) < 4.78 is 38.1. The minimum absolute atomic E-state index is 0.310. The van der Waals surface area contributed by atoms with Crippen LogP contribution in [0.5, 0.6) is 0 Å². The second-order valence-corrected chi connectivity index (χ2v) is 6.10. The SMILES string of the molecule is OC1(CN2CCN(c3cc(C(F)(F)F)ncn3)CC2)CCC1. The molecule has 0 unspecified atom stereocenters. The predicted octanol–water partition coefficient (Wildman–Crippen LogP) is 1.53. The van der Waals surface area contributed by atoms with Crippen molar-refractivity contribution in [1.82, 2.24) is 14.9 Å². The van der Waals surface area contributed by atoms with Crippen LogP contribution in [-0.4, -0.2) is 58.3 Å². The fourth-order valence-electron chi connectivity index (χ4n) is 2.97.